The molecule has 3 rings (SSSR count). The van der Waals surface area contributed by atoms with Crippen molar-refractivity contribution >= 4 is 21.6 Å². The Bertz CT molecular complexity index is 1020. The molecule has 0 unspecified atom stereocenters. The van der Waals surface area contributed by atoms with Gasteiger partial charge in [-0.3, -0.25) is 0 Å². The van der Waals surface area contributed by atoms with E-state index in [9.17, 15) is 8.42 Å². The van der Waals surface area contributed by atoms with Gasteiger partial charge in [0.15, 0.2) is 15.0 Å². The number of aryl methyl sites for hydroxylation is 1. The van der Waals surface area contributed by atoms with Gasteiger partial charge in [0.1, 0.15) is 17.3 Å². The van der Waals surface area contributed by atoms with Crippen LogP contribution in [0.2, 0.25) is 0 Å². The molecule has 0 spiro atoms. The molecule has 154 valence electrons. The maximum Gasteiger partial charge on any atom is 0.191 e. The molecule has 0 atom stereocenters. The zero-order chi connectivity index (χ0) is 20.7. The molecule has 0 bridgehead atoms. The first kappa shape index (κ1) is 21.4. The molecule has 0 fully saturated rings. The van der Waals surface area contributed by atoms with Crippen LogP contribution in [0.25, 0.3) is 0 Å². The van der Waals surface area contributed by atoms with Crippen LogP contribution in [-0.4, -0.2) is 35.5 Å². The molecule has 3 aromatic rings. The summed E-state index contributed by atoms with van der Waals surface area (Å²) in [6.07, 6.45) is 0.854. The molecular weight excluding hydrogens is 406 g/mol. The molecule has 6 nitrogen and oxygen atoms in total. The summed E-state index contributed by atoms with van der Waals surface area (Å²) in [5.41, 5.74) is 1.02. The summed E-state index contributed by atoms with van der Waals surface area (Å²) in [5, 5.41) is 9.09. The molecule has 2 aromatic carbocycles. The maximum absolute atomic E-state index is 12.7. The van der Waals surface area contributed by atoms with E-state index in [1.807, 2.05) is 48.7 Å². The Morgan fingerprint density at radius 1 is 1.03 bits per heavy atom. The number of ether oxygens (including phenoxy) is 1. The quantitative estimate of drug-likeness (QED) is 0.355. The first-order chi connectivity index (χ1) is 14.0. The lowest BCUT2D eigenvalue weighted by Gasteiger charge is -2.09. The number of hydrogen-bond acceptors (Lipinski definition) is 6. The van der Waals surface area contributed by atoms with Crippen molar-refractivity contribution < 1.29 is 13.2 Å². The van der Waals surface area contributed by atoms with E-state index in [1.165, 1.54) is 0 Å². The number of nitrogens with zero attached hydrogens (tertiary/aromatic N) is 3. The molecule has 1 aromatic heterocycles. The van der Waals surface area contributed by atoms with Crippen LogP contribution < -0.4 is 4.74 Å². The van der Waals surface area contributed by atoms with Gasteiger partial charge in [-0.15, -0.1) is 10.2 Å². The van der Waals surface area contributed by atoms with Gasteiger partial charge in [0.2, 0.25) is 0 Å². The highest BCUT2D eigenvalue weighted by atomic mass is 32.2. The second-order valence-electron chi connectivity index (χ2n) is 6.58. The minimum Gasteiger partial charge on any atom is -0.494 e. The number of benzene rings is 2. The van der Waals surface area contributed by atoms with Crippen LogP contribution in [0.5, 0.6) is 5.75 Å². The summed E-state index contributed by atoms with van der Waals surface area (Å²) < 4.78 is 33.0. The van der Waals surface area contributed by atoms with E-state index >= 15 is 0 Å². The number of hydrogen-bond donors (Lipinski definition) is 0. The van der Waals surface area contributed by atoms with E-state index in [1.54, 1.807) is 36.0 Å². The largest absolute Gasteiger partial charge is 0.494 e. The number of aromatic nitrogens is 3. The van der Waals surface area contributed by atoms with Crippen molar-refractivity contribution in [2.75, 3.05) is 12.4 Å². The van der Waals surface area contributed by atoms with Gasteiger partial charge in [-0.05, 0) is 44.5 Å². The lowest BCUT2D eigenvalue weighted by atomic mass is 10.2. The van der Waals surface area contributed by atoms with Gasteiger partial charge >= 0.3 is 0 Å². The average molecular weight is 432 g/mol. The smallest absolute Gasteiger partial charge is 0.191 e. The van der Waals surface area contributed by atoms with Crippen molar-refractivity contribution in [3.63, 3.8) is 0 Å². The average Bonchev–Trinajstić information content (AvgIpc) is 3.09. The van der Waals surface area contributed by atoms with Crippen molar-refractivity contribution in [2.24, 2.45) is 0 Å². The highest BCUT2D eigenvalue weighted by Crippen LogP contribution is 2.22. The Balaban J connectivity index is 1.57. The molecule has 1 heterocycles. The number of thioether (sulfide) groups is 1. The van der Waals surface area contributed by atoms with Gasteiger partial charge in [0, 0.05) is 12.3 Å². The summed E-state index contributed by atoms with van der Waals surface area (Å²) in [6.45, 7) is 5.13. The van der Waals surface area contributed by atoms with E-state index in [0.717, 1.165) is 28.6 Å². The van der Waals surface area contributed by atoms with Crippen LogP contribution in [0.1, 0.15) is 24.7 Å². The summed E-state index contributed by atoms with van der Waals surface area (Å²) in [6, 6.07) is 16.6. The SMILES string of the molecule is CCn1c(CS(=O)(=O)c2ccc(C)cc2)nnc1SCCCOc1ccccc1. The first-order valence-corrected chi connectivity index (χ1v) is 12.2. The van der Waals surface area contributed by atoms with E-state index < -0.39 is 9.84 Å². The molecule has 0 radical (unpaired) electrons. The minimum absolute atomic E-state index is 0.158. The fourth-order valence-electron chi connectivity index (χ4n) is 2.78. The van der Waals surface area contributed by atoms with Gasteiger partial charge in [-0.1, -0.05) is 47.7 Å². The van der Waals surface area contributed by atoms with Crippen molar-refractivity contribution in [3.8, 4) is 5.75 Å². The van der Waals surface area contributed by atoms with Crippen LogP contribution >= 0.6 is 11.8 Å². The predicted molar refractivity (Wildman–Crippen MR) is 115 cm³/mol. The van der Waals surface area contributed by atoms with Crippen LogP contribution in [0.3, 0.4) is 0 Å². The van der Waals surface area contributed by atoms with Crippen molar-refractivity contribution in [3.05, 3.63) is 66.0 Å². The number of sulfone groups is 1. The molecule has 29 heavy (non-hydrogen) atoms. The van der Waals surface area contributed by atoms with Crippen LogP contribution in [0, 0.1) is 6.92 Å². The topological polar surface area (TPSA) is 74.1 Å². The van der Waals surface area contributed by atoms with Crippen molar-refractivity contribution in [1.82, 2.24) is 14.8 Å². The molecular formula is C21H25N3O3S2. The van der Waals surface area contributed by atoms with Gasteiger partial charge < -0.3 is 9.30 Å². The predicted octanol–water partition coefficient (Wildman–Crippen LogP) is 4.14. The zero-order valence-corrected chi connectivity index (χ0v) is 18.2. The molecule has 0 aliphatic heterocycles. The third-order valence-electron chi connectivity index (χ3n) is 4.34. The highest BCUT2D eigenvalue weighted by Gasteiger charge is 2.21. The molecule has 8 heteroatoms. The van der Waals surface area contributed by atoms with Crippen molar-refractivity contribution in [1.29, 1.82) is 0 Å². The Morgan fingerprint density at radius 2 is 1.76 bits per heavy atom. The summed E-state index contributed by atoms with van der Waals surface area (Å²) in [4.78, 5) is 0.306. The van der Waals surface area contributed by atoms with Gasteiger partial charge in [-0.25, -0.2) is 8.42 Å². The standard InChI is InChI=1S/C21H25N3O3S2/c1-3-24-20(16-29(25,26)19-12-10-17(2)11-13-19)22-23-21(24)28-15-7-14-27-18-8-5-4-6-9-18/h4-6,8-13H,3,7,14-16H2,1-2H3. The maximum atomic E-state index is 12.7. The van der Waals surface area contributed by atoms with E-state index in [0.29, 0.717) is 23.9 Å². The first-order valence-electron chi connectivity index (χ1n) is 9.52. The number of para-hydroxylation sites is 1. The molecule has 0 saturated heterocycles. The molecule has 0 aliphatic rings. The van der Waals surface area contributed by atoms with E-state index in [2.05, 4.69) is 10.2 Å². The normalized spacial score (nSPS) is 11.5. The fourth-order valence-corrected chi connectivity index (χ4v) is 4.98. The van der Waals surface area contributed by atoms with Crippen LogP contribution in [-0.2, 0) is 22.1 Å². The van der Waals surface area contributed by atoms with Crippen molar-refractivity contribution in [2.45, 2.75) is 42.6 Å². The van der Waals surface area contributed by atoms with Gasteiger partial charge in [0.25, 0.3) is 0 Å². The van der Waals surface area contributed by atoms with Crippen LogP contribution in [0.15, 0.2) is 64.6 Å². The molecule has 0 N–H and O–H groups in total. The second-order valence-corrected chi connectivity index (χ2v) is 9.63. The van der Waals surface area contributed by atoms with Crippen LogP contribution in [0.4, 0.5) is 0 Å². The Kier molecular flexibility index (Phi) is 7.33. The summed E-state index contributed by atoms with van der Waals surface area (Å²) in [7, 11) is -3.46. The third kappa shape index (κ3) is 5.83. The molecule has 0 aliphatic carbocycles. The van der Waals surface area contributed by atoms with Gasteiger partial charge in [-0.2, -0.15) is 0 Å². The lowest BCUT2D eigenvalue weighted by Crippen LogP contribution is -2.11. The Labute approximate surface area is 176 Å². The molecule has 0 saturated carbocycles. The van der Waals surface area contributed by atoms with Gasteiger partial charge in [0.05, 0.1) is 11.5 Å². The molecule has 0 amide bonds. The minimum atomic E-state index is -3.46. The monoisotopic (exact) mass is 431 g/mol. The Morgan fingerprint density at radius 3 is 2.45 bits per heavy atom. The lowest BCUT2D eigenvalue weighted by molar-refractivity contribution is 0.318. The fraction of sp³-hybridized carbons (Fsp3) is 0.333. The zero-order valence-electron chi connectivity index (χ0n) is 16.6. The van der Waals surface area contributed by atoms with E-state index in [4.69, 9.17) is 4.74 Å². The Hall–Kier alpha value is -2.32. The highest BCUT2D eigenvalue weighted by molar-refractivity contribution is 7.99. The van der Waals surface area contributed by atoms with E-state index in [-0.39, 0.29) is 5.75 Å². The second kappa shape index (κ2) is 9.93. The summed E-state index contributed by atoms with van der Waals surface area (Å²) in [5.74, 6) is 1.98. The number of rotatable bonds is 10. The third-order valence-corrected chi connectivity index (χ3v) is 7.02. The summed E-state index contributed by atoms with van der Waals surface area (Å²) >= 11 is 1.57.